The van der Waals surface area contributed by atoms with Crippen LogP contribution in [0.5, 0.6) is 0 Å². The minimum atomic E-state index is -0.888. The SMILES string of the molecule is CCCCc1nc(Cl)c(COC(=O)c2cccc(CCl)c2)n1Cc1ccc(-c2ccccc2-c2nnnn2C(c2ccccc2)(c2ccccc2)c2ccccc2)cc1. The number of aromatic nitrogens is 6. The summed E-state index contributed by atoms with van der Waals surface area (Å²) < 4.78 is 9.83. The summed E-state index contributed by atoms with van der Waals surface area (Å²) in [5.41, 5.74) is 8.05. The van der Waals surface area contributed by atoms with Gasteiger partial charge in [-0.15, -0.1) is 16.7 Å². The van der Waals surface area contributed by atoms with Crippen LogP contribution in [0.25, 0.3) is 22.5 Å². The van der Waals surface area contributed by atoms with E-state index in [2.05, 4.69) is 126 Å². The Bertz CT molecular complexity index is 2550. The topological polar surface area (TPSA) is 87.7 Å². The van der Waals surface area contributed by atoms with Gasteiger partial charge in [0.05, 0.1) is 11.3 Å². The number of unbranched alkanes of at least 4 members (excludes halogenated alkanes) is 1. The maximum atomic E-state index is 13.1. The second-order valence-corrected chi connectivity index (χ2v) is 15.0. The molecule has 0 fully saturated rings. The van der Waals surface area contributed by atoms with Crippen molar-refractivity contribution in [2.24, 2.45) is 0 Å². The predicted octanol–water partition coefficient (Wildman–Crippen LogP) is 11.2. The van der Waals surface area contributed by atoms with Crippen LogP contribution in [0.2, 0.25) is 5.15 Å². The summed E-state index contributed by atoms with van der Waals surface area (Å²) in [6.07, 6.45) is 2.71. The Kier molecular flexibility index (Phi) is 12.1. The first-order valence-electron chi connectivity index (χ1n) is 19.7. The summed E-state index contributed by atoms with van der Waals surface area (Å²) in [5, 5.41) is 14.2. The fourth-order valence-corrected chi connectivity index (χ4v) is 8.16. The highest BCUT2D eigenvalue weighted by Crippen LogP contribution is 2.43. The average molecular weight is 818 g/mol. The number of benzene rings is 6. The molecule has 0 N–H and O–H groups in total. The molecule has 8 nitrogen and oxygen atoms in total. The number of aryl methyl sites for hydroxylation is 1. The van der Waals surface area contributed by atoms with Crippen molar-refractivity contribution in [3.63, 3.8) is 0 Å². The van der Waals surface area contributed by atoms with Gasteiger partial charge in [0.2, 0.25) is 0 Å². The highest BCUT2D eigenvalue weighted by atomic mass is 35.5. The van der Waals surface area contributed by atoms with Crippen molar-refractivity contribution in [1.29, 1.82) is 0 Å². The van der Waals surface area contributed by atoms with E-state index in [1.54, 1.807) is 18.2 Å². The fourth-order valence-electron chi connectivity index (χ4n) is 7.74. The van der Waals surface area contributed by atoms with E-state index in [4.69, 9.17) is 43.2 Å². The van der Waals surface area contributed by atoms with Gasteiger partial charge in [0, 0.05) is 24.4 Å². The number of halogens is 2. The normalized spacial score (nSPS) is 11.4. The number of carbonyl (C=O) groups excluding carboxylic acids is 1. The molecule has 0 aliphatic carbocycles. The number of hydrogen-bond donors (Lipinski definition) is 0. The predicted molar refractivity (Wildman–Crippen MR) is 233 cm³/mol. The molecule has 0 saturated carbocycles. The van der Waals surface area contributed by atoms with Gasteiger partial charge in [-0.2, -0.15) is 0 Å². The van der Waals surface area contributed by atoms with Gasteiger partial charge in [0.1, 0.15) is 18.0 Å². The molecular weight excluding hydrogens is 775 g/mol. The fraction of sp³-hybridized carbons (Fsp3) is 0.163. The number of esters is 1. The molecule has 10 heteroatoms. The van der Waals surface area contributed by atoms with Crippen LogP contribution in [0.1, 0.15) is 69.5 Å². The first-order valence-corrected chi connectivity index (χ1v) is 20.6. The third-order valence-corrected chi connectivity index (χ3v) is 11.3. The zero-order valence-corrected chi connectivity index (χ0v) is 34.1. The Morgan fingerprint density at radius 1 is 0.712 bits per heavy atom. The van der Waals surface area contributed by atoms with Crippen molar-refractivity contribution in [3.05, 3.63) is 214 Å². The largest absolute Gasteiger partial charge is 0.456 e. The summed E-state index contributed by atoms with van der Waals surface area (Å²) >= 11 is 12.8. The molecule has 0 aliphatic heterocycles. The van der Waals surface area contributed by atoms with Gasteiger partial charge in [-0.25, -0.2) is 14.5 Å². The summed E-state index contributed by atoms with van der Waals surface area (Å²) in [6.45, 7) is 2.63. The lowest BCUT2D eigenvalue weighted by Gasteiger charge is -2.36. The van der Waals surface area contributed by atoms with Gasteiger partial charge >= 0.3 is 5.97 Å². The van der Waals surface area contributed by atoms with Crippen LogP contribution in [-0.2, 0) is 35.7 Å². The van der Waals surface area contributed by atoms with E-state index in [9.17, 15) is 4.79 Å². The van der Waals surface area contributed by atoms with Crippen LogP contribution in [0.3, 0.4) is 0 Å². The monoisotopic (exact) mass is 816 g/mol. The van der Waals surface area contributed by atoms with Crippen LogP contribution in [0.4, 0.5) is 0 Å². The lowest BCUT2D eigenvalue weighted by atomic mass is 9.77. The molecule has 2 heterocycles. The molecule has 8 rings (SSSR count). The van der Waals surface area contributed by atoms with Crippen molar-refractivity contribution in [2.45, 2.75) is 50.8 Å². The number of hydrogen-bond acceptors (Lipinski definition) is 6. The molecule has 0 radical (unpaired) electrons. The summed E-state index contributed by atoms with van der Waals surface area (Å²) in [4.78, 5) is 17.8. The zero-order chi connectivity index (χ0) is 40.6. The van der Waals surface area contributed by atoms with Crippen LogP contribution >= 0.6 is 23.2 Å². The van der Waals surface area contributed by atoms with Gasteiger partial charge in [-0.05, 0) is 67.9 Å². The van der Waals surface area contributed by atoms with E-state index in [-0.39, 0.29) is 6.61 Å². The number of nitrogens with zero attached hydrogens (tertiary/aromatic N) is 6. The van der Waals surface area contributed by atoms with E-state index >= 15 is 0 Å². The van der Waals surface area contributed by atoms with Gasteiger partial charge < -0.3 is 9.30 Å². The molecule has 0 bridgehead atoms. The van der Waals surface area contributed by atoms with Gasteiger partial charge in [0.15, 0.2) is 11.0 Å². The van der Waals surface area contributed by atoms with Gasteiger partial charge in [-0.3, -0.25) is 0 Å². The van der Waals surface area contributed by atoms with Crippen LogP contribution < -0.4 is 0 Å². The van der Waals surface area contributed by atoms with Crippen molar-refractivity contribution in [2.75, 3.05) is 0 Å². The Labute approximate surface area is 354 Å². The van der Waals surface area contributed by atoms with Crippen molar-refractivity contribution < 1.29 is 9.53 Å². The Morgan fingerprint density at radius 3 is 1.93 bits per heavy atom. The number of carbonyl (C=O) groups is 1. The number of tetrazole rings is 1. The maximum absolute atomic E-state index is 13.1. The van der Waals surface area contributed by atoms with E-state index in [0.717, 1.165) is 69.6 Å². The molecule has 8 aromatic rings. The molecule has 0 atom stereocenters. The van der Waals surface area contributed by atoms with Gasteiger partial charge in [-0.1, -0.05) is 177 Å². The molecular formula is C49H42Cl2N6O2. The Balaban J connectivity index is 1.14. The van der Waals surface area contributed by atoms with E-state index in [1.807, 2.05) is 41.1 Å². The van der Waals surface area contributed by atoms with Crippen LogP contribution in [0, 0.1) is 0 Å². The molecule has 6 aromatic carbocycles. The second kappa shape index (κ2) is 18.1. The summed E-state index contributed by atoms with van der Waals surface area (Å²) in [6, 6.07) is 55.0. The first-order chi connectivity index (χ1) is 29.0. The smallest absolute Gasteiger partial charge is 0.338 e. The quantitative estimate of drug-likeness (QED) is 0.0582. The first kappa shape index (κ1) is 39.5. The number of ether oxygens (including phenoxy) is 1. The zero-order valence-electron chi connectivity index (χ0n) is 32.6. The summed E-state index contributed by atoms with van der Waals surface area (Å²) in [7, 11) is 0. The second-order valence-electron chi connectivity index (χ2n) is 14.3. The molecule has 59 heavy (non-hydrogen) atoms. The van der Waals surface area contributed by atoms with Crippen molar-refractivity contribution >= 4 is 29.2 Å². The number of imidazole rings is 1. The maximum Gasteiger partial charge on any atom is 0.338 e. The Morgan fingerprint density at radius 2 is 1.32 bits per heavy atom. The van der Waals surface area contributed by atoms with Crippen molar-refractivity contribution in [3.8, 4) is 22.5 Å². The number of alkyl halides is 1. The lowest BCUT2D eigenvalue weighted by Crippen LogP contribution is -2.39. The van der Waals surface area contributed by atoms with E-state index in [0.29, 0.717) is 34.7 Å². The molecule has 0 aliphatic rings. The molecule has 0 unspecified atom stereocenters. The Hall–Kier alpha value is -6.35. The van der Waals surface area contributed by atoms with E-state index < -0.39 is 11.5 Å². The lowest BCUT2D eigenvalue weighted by molar-refractivity contribution is 0.0463. The molecule has 294 valence electrons. The summed E-state index contributed by atoms with van der Waals surface area (Å²) in [5.74, 6) is 1.34. The average Bonchev–Trinajstić information content (AvgIpc) is 3.90. The minimum Gasteiger partial charge on any atom is -0.456 e. The third kappa shape index (κ3) is 8.06. The third-order valence-electron chi connectivity index (χ3n) is 10.6. The number of rotatable bonds is 15. The van der Waals surface area contributed by atoms with Crippen LogP contribution in [-0.4, -0.2) is 35.7 Å². The highest BCUT2D eigenvalue weighted by Gasteiger charge is 2.42. The molecule has 2 aromatic heterocycles. The van der Waals surface area contributed by atoms with Gasteiger partial charge in [0.25, 0.3) is 0 Å². The van der Waals surface area contributed by atoms with E-state index in [1.165, 1.54) is 0 Å². The minimum absolute atomic E-state index is 0.0154. The van der Waals surface area contributed by atoms with Crippen LogP contribution in [0.15, 0.2) is 164 Å². The van der Waals surface area contributed by atoms with Crippen molar-refractivity contribution in [1.82, 2.24) is 29.8 Å². The molecule has 0 saturated heterocycles. The highest BCUT2D eigenvalue weighted by molar-refractivity contribution is 6.30. The standard InChI is InChI=1S/C49H42Cl2N6O2/c1-2-3-26-45-52-46(51)44(34-59-48(58)38-17-15-16-36(31-38)32-50)56(45)33-35-27-29-37(30-28-35)42-24-13-14-25-43(42)47-53-54-55-57(47)49(39-18-7-4-8-19-39,40-20-9-5-10-21-40)41-22-11-6-12-23-41/h4-25,27-31H,2-3,26,32-34H2,1H3. The molecule has 0 amide bonds. The molecule has 0 spiro atoms.